The Kier molecular flexibility index (Phi) is 5.57. The van der Waals surface area contributed by atoms with Crippen LogP contribution in [0.2, 0.25) is 0 Å². The topological polar surface area (TPSA) is 29.1 Å². The van der Waals surface area contributed by atoms with Gasteiger partial charge in [0.05, 0.1) is 4.88 Å². The van der Waals surface area contributed by atoms with Crippen molar-refractivity contribution in [2.75, 3.05) is 6.54 Å². The lowest BCUT2D eigenvalue weighted by molar-refractivity contribution is 0.0947. The van der Waals surface area contributed by atoms with Crippen LogP contribution in [-0.2, 0) is 6.42 Å². The highest BCUT2D eigenvalue weighted by atomic mass is 32.1. The number of amides is 1. The van der Waals surface area contributed by atoms with Crippen molar-refractivity contribution in [1.82, 2.24) is 5.32 Å². The van der Waals surface area contributed by atoms with E-state index in [1.807, 2.05) is 25.1 Å². The minimum absolute atomic E-state index is 0.0480. The van der Waals surface area contributed by atoms with Crippen molar-refractivity contribution in [1.29, 1.82) is 0 Å². The Hall–Kier alpha value is -1.61. The van der Waals surface area contributed by atoms with E-state index >= 15 is 0 Å². The first-order valence-corrected chi connectivity index (χ1v) is 8.26. The molecule has 1 N–H and O–H groups in total. The molecule has 0 radical (unpaired) electrons. The Balaban J connectivity index is 1.93. The maximum atomic E-state index is 12.1. The van der Waals surface area contributed by atoms with E-state index < -0.39 is 0 Å². The van der Waals surface area contributed by atoms with Gasteiger partial charge in [-0.1, -0.05) is 44.2 Å². The van der Waals surface area contributed by atoms with Crippen LogP contribution in [0.25, 0.3) is 0 Å². The first-order chi connectivity index (χ1) is 10.1. The summed E-state index contributed by atoms with van der Waals surface area (Å²) in [5.74, 6) is 1.04. The Morgan fingerprint density at radius 3 is 2.43 bits per heavy atom. The van der Waals surface area contributed by atoms with Gasteiger partial charge in [-0.2, -0.15) is 0 Å². The monoisotopic (exact) mass is 301 g/mol. The van der Waals surface area contributed by atoms with Crippen molar-refractivity contribution in [3.05, 3.63) is 57.8 Å². The van der Waals surface area contributed by atoms with Crippen LogP contribution in [0.1, 0.15) is 34.0 Å². The summed E-state index contributed by atoms with van der Waals surface area (Å²) in [7, 11) is 0. The van der Waals surface area contributed by atoms with Gasteiger partial charge in [0.25, 0.3) is 5.91 Å². The van der Waals surface area contributed by atoms with Crippen molar-refractivity contribution in [2.24, 2.45) is 11.8 Å². The average molecular weight is 301 g/mol. The molecule has 0 spiro atoms. The van der Waals surface area contributed by atoms with E-state index in [9.17, 15) is 4.79 Å². The number of carbonyl (C=O) groups excluding carboxylic acids is 1. The van der Waals surface area contributed by atoms with Crippen LogP contribution in [0.4, 0.5) is 0 Å². The van der Waals surface area contributed by atoms with Crippen LogP contribution in [-0.4, -0.2) is 12.5 Å². The third kappa shape index (κ3) is 4.71. The summed E-state index contributed by atoms with van der Waals surface area (Å²) in [4.78, 5) is 14.1. The molecule has 1 aromatic carbocycles. The molecule has 0 saturated heterocycles. The van der Waals surface area contributed by atoms with Crippen molar-refractivity contribution in [3.63, 3.8) is 0 Å². The quantitative estimate of drug-likeness (QED) is 0.846. The summed E-state index contributed by atoms with van der Waals surface area (Å²) in [6, 6.07) is 14.4. The number of rotatable bonds is 6. The number of nitrogens with one attached hydrogen (secondary N) is 1. The fourth-order valence-corrected chi connectivity index (χ4v) is 3.11. The smallest absolute Gasteiger partial charge is 0.261 e. The molecule has 1 amide bonds. The van der Waals surface area contributed by atoms with Gasteiger partial charge in [0.15, 0.2) is 0 Å². The Bertz CT molecular complexity index is 574. The van der Waals surface area contributed by atoms with Crippen molar-refractivity contribution in [3.8, 4) is 0 Å². The van der Waals surface area contributed by atoms with E-state index in [1.165, 1.54) is 10.4 Å². The van der Waals surface area contributed by atoms with Crippen LogP contribution in [0.3, 0.4) is 0 Å². The van der Waals surface area contributed by atoms with Gasteiger partial charge >= 0.3 is 0 Å². The first kappa shape index (κ1) is 15.8. The number of carbonyl (C=O) groups is 1. The lowest BCUT2D eigenvalue weighted by atomic mass is 9.89. The third-order valence-electron chi connectivity index (χ3n) is 3.77. The summed E-state index contributed by atoms with van der Waals surface area (Å²) in [6.07, 6.45) is 1.00. The van der Waals surface area contributed by atoms with Gasteiger partial charge in [0, 0.05) is 11.4 Å². The Morgan fingerprint density at radius 2 is 1.86 bits per heavy atom. The molecule has 2 nitrogen and oxygen atoms in total. The average Bonchev–Trinajstić information content (AvgIpc) is 2.90. The largest absolute Gasteiger partial charge is 0.351 e. The molecule has 1 heterocycles. The summed E-state index contributed by atoms with van der Waals surface area (Å²) in [6.45, 7) is 7.18. The number of hydrogen-bond acceptors (Lipinski definition) is 2. The van der Waals surface area contributed by atoms with Crippen molar-refractivity contribution in [2.45, 2.75) is 27.2 Å². The highest BCUT2D eigenvalue weighted by Gasteiger charge is 2.16. The predicted molar refractivity (Wildman–Crippen MR) is 89.9 cm³/mol. The van der Waals surface area contributed by atoms with Crippen molar-refractivity contribution >= 4 is 17.2 Å². The van der Waals surface area contributed by atoms with Crippen LogP contribution in [0.5, 0.6) is 0 Å². The van der Waals surface area contributed by atoms with Crippen LogP contribution >= 0.6 is 11.3 Å². The van der Waals surface area contributed by atoms with Gasteiger partial charge in [0.1, 0.15) is 0 Å². The molecule has 21 heavy (non-hydrogen) atoms. The number of benzene rings is 1. The second kappa shape index (κ2) is 7.41. The molecular weight excluding hydrogens is 278 g/mol. The van der Waals surface area contributed by atoms with Gasteiger partial charge in [0.2, 0.25) is 0 Å². The maximum absolute atomic E-state index is 12.1. The summed E-state index contributed by atoms with van der Waals surface area (Å²) < 4.78 is 0. The minimum atomic E-state index is 0.0480. The number of aryl methyl sites for hydroxylation is 1. The number of thiophene rings is 1. The maximum Gasteiger partial charge on any atom is 0.261 e. The van der Waals surface area contributed by atoms with Gasteiger partial charge in [-0.3, -0.25) is 4.79 Å². The summed E-state index contributed by atoms with van der Waals surface area (Å²) in [5, 5.41) is 3.09. The molecule has 0 aliphatic carbocycles. The Labute approximate surface area is 131 Å². The van der Waals surface area contributed by atoms with Crippen LogP contribution in [0, 0.1) is 18.8 Å². The first-order valence-electron chi connectivity index (χ1n) is 7.45. The molecular formula is C18H23NOS. The molecule has 1 aromatic heterocycles. The van der Waals surface area contributed by atoms with E-state index in [4.69, 9.17) is 0 Å². The molecule has 112 valence electrons. The lowest BCUT2D eigenvalue weighted by Crippen LogP contribution is -2.32. The molecule has 0 bridgehead atoms. The summed E-state index contributed by atoms with van der Waals surface area (Å²) >= 11 is 1.55. The second-order valence-electron chi connectivity index (χ2n) is 5.81. The molecule has 0 aliphatic rings. The standard InChI is InChI=1S/C18H23NOS/c1-13(2)16(11-15-7-5-4-6-8-15)12-19-18(20)17-10-9-14(3)21-17/h4-10,13,16H,11-12H2,1-3H3,(H,19,20)/t16-/m0/s1. The van der Waals surface area contributed by atoms with Crippen LogP contribution < -0.4 is 5.32 Å². The van der Waals surface area contributed by atoms with Gasteiger partial charge in [-0.25, -0.2) is 0 Å². The van der Waals surface area contributed by atoms with Gasteiger partial charge < -0.3 is 5.32 Å². The molecule has 0 aliphatic heterocycles. The van der Waals surface area contributed by atoms with Crippen LogP contribution in [0.15, 0.2) is 42.5 Å². The van der Waals surface area contributed by atoms with E-state index in [0.717, 1.165) is 17.8 Å². The Morgan fingerprint density at radius 1 is 1.14 bits per heavy atom. The normalized spacial score (nSPS) is 12.4. The minimum Gasteiger partial charge on any atom is -0.351 e. The van der Waals surface area contributed by atoms with E-state index in [1.54, 1.807) is 11.3 Å². The lowest BCUT2D eigenvalue weighted by Gasteiger charge is -2.21. The third-order valence-corrected chi connectivity index (χ3v) is 4.77. The molecule has 0 unspecified atom stereocenters. The summed E-state index contributed by atoms with van der Waals surface area (Å²) in [5.41, 5.74) is 1.33. The van der Waals surface area contributed by atoms with Gasteiger partial charge in [-0.15, -0.1) is 11.3 Å². The van der Waals surface area contributed by atoms with E-state index in [0.29, 0.717) is 11.8 Å². The predicted octanol–water partition coefficient (Wildman–Crippen LogP) is 4.30. The number of hydrogen-bond donors (Lipinski definition) is 1. The molecule has 1 atom stereocenters. The highest BCUT2D eigenvalue weighted by molar-refractivity contribution is 7.13. The second-order valence-corrected chi connectivity index (χ2v) is 7.10. The van der Waals surface area contributed by atoms with E-state index in [-0.39, 0.29) is 5.91 Å². The molecule has 2 rings (SSSR count). The zero-order chi connectivity index (χ0) is 15.2. The highest BCUT2D eigenvalue weighted by Crippen LogP contribution is 2.18. The molecule has 0 saturated carbocycles. The zero-order valence-electron chi connectivity index (χ0n) is 12.9. The molecule has 0 fully saturated rings. The SMILES string of the molecule is Cc1ccc(C(=O)NC[C@H](Cc2ccccc2)C(C)C)s1. The fourth-order valence-electron chi connectivity index (χ4n) is 2.33. The zero-order valence-corrected chi connectivity index (χ0v) is 13.7. The van der Waals surface area contributed by atoms with Gasteiger partial charge in [-0.05, 0) is 42.9 Å². The molecule has 2 aromatic rings. The fraction of sp³-hybridized carbons (Fsp3) is 0.389. The molecule has 3 heteroatoms. The van der Waals surface area contributed by atoms with E-state index in [2.05, 4.69) is 43.4 Å². The van der Waals surface area contributed by atoms with Crippen molar-refractivity contribution < 1.29 is 4.79 Å².